The molecule has 0 aliphatic carbocycles. The third-order valence-corrected chi connectivity index (χ3v) is 3.51. The Morgan fingerprint density at radius 3 is 2.86 bits per heavy atom. The first-order chi connectivity index (χ1) is 10.1. The predicted molar refractivity (Wildman–Crippen MR) is 83.7 cm³/mol. The zero-order valence-electron chi connectivity index (χ0n) is 12.6. The molecule has 1 unspecified atom stereocenters. The number of rotatable bonds is 7. The van der Waals surface area contributed by atoms with Crippen LogP contribution in [0.2, 0.25) is 5.02 Å². The number of hydrogen-bond donors (Lipinski definition) is 1. The first-order valence-corrected chi connectivity index (χ1v) is 7.43. The average molecular weight is 309 g/mol. The molecule has 1 heterocycles. The molecule has 2 aromatic rings. The second-order valence-electron chi connectivity index (χ2n) is 4.98. The minimum atomic E-state index is 0.0929. The number of aromatic nitrogens is 3. The zero-order chi connectivity index (χ0) is 15.2. The Hall–Kier alpha value is -1.59. The van der Waals surface area contributed by atoms with E-state index in [2.05, 4.69) is 22.6 Å². The van der Waals surface area contributed by atoms with E-state index in [0.717, 1.165) is 36.4 Å². The molecule has 0 saturated heterocycles. The zero-order valence-corrected chi connectivity index (χ0v) is 13.4. The van der Waals surface area contributed by atoms with E-state index in [1.54, 1.807) is 11.8 Å². The molecule has 0 spiro atoms. The van der Waals surface area contributed by atoms with E-state index in [4.69, 9.17) is 16.3 Å². The largest absolute Gasteiger partial charge is 0.496 e. The standard InChI is InChI=1S/C15H21ClN4O/c1-4-7-17-14(9-12-10-20(2)19-18-12)13-8-11(16)5-6-15(13)21-3/h5-6,8,10,14,17H,4,7,9H2,1-3H3. The number of ether oxygens (including phenoxy) is 1. The van der Waals surface area contributed by atoms with Gasteiger partial charge in [0.2, 0.25) is 0 Å². The van der Waals surface area contributed by atoms with Crippen molar-refractivity contribution >= 4 is 11.6 Å². The van der Waals surface area contributed by atoms with Crippen LogP contribution < -0.4 is 10.1 Å². The summed E-state index contributed by atoms with van der Waals surface area (Å²) in [4.78, 5) is 0. The summed E-state index contributed by atoms with van der Waals surface area (Å²) in [7, 11) is 3.54. The SMILES string of the molecule is CCCNC(Cc1cn(C)nn1)c1cc(Cl)ccc1OC. The van der Waals surface area contributed by atoms with Crippen LogP contribution in [0.4, 0.5) is 0 Å². The lowest BCUT2D eigenvalue weighted by atomic mass is 10.0. The molecular formula is C15H21ClN4O. The molecule has 0 amide bonds. The second kappa shape index (κ2) is 7.43. The van der Waals surface area contributed by atoms with Crippen molar-refractivity contribution in [3.05, 3.63) is 40.7 Å². The highest BCUT2D eigenvalue weighted by atomic mass is 35.5. The van der Waals surface area contributed by atoms with Crippen molar-refractivity contribution in [2.45, 2.75) is 25.8 Å². The molecule has 5 nitrogen and oxygen atoms in total. The van der Waals surface area contributed by atoms with Crippen LogP contribution >= 0.6 is 11.6 Å². The molecule has 0 aliphatic rings. The van der Waals surface area contributed by atoms with Crippen molar-refractivity contribution in [2.75, 3.05) is 13.7 Å². The highest BCUT2D eigenvalue weighted by Crippen LogP contribution is 2.30. The highest BCUT2D eigenvalue weighted by Gasteiger charge is 2.18. The van der Waals surface area contributed by atoms with Gasteiger partial charge in [0.1, 0.15) is 5.75 Å². The maximum absolute atomic E-state index is 6.14. The van der Waals surface area contributed by atoms with Crippen molar-refractivity contribution in [3.63, 3.8) is 0 Å². The van der Waals surface area contributed by atoms with Gasteiger partial charge in [-0.1, -0.05) is 23.7 Å². The van der Waals surface area contributed by atoms with E-state index in [1.807, 2.05) is 31.4 Å². The Labute approximate surface area is 130 Å². The van der Waals surface area contributed by atoms with Crippen molar-refractivity contribution in [1.82, 2.24) is 20.3 Å². The monoisotopic (exact) mass is 308 g/mol. The number of nitrogens with zero attached hydrogens (tertiary/aromatic N) is 3. The summed E-state index contributed by atoms with van der Waals surface area (Å²) in [5.74, 6) is 0.830. The van der Waals surface area contributed by atoms with E-state index in [9.17, 15) is 0 Å². The topological polar surface area (TPSA) is 52.0 Å². The summed E-state index contributed by atoms with van der Waals surface area (Å²) in [6, 6.07) is 5.78. The van der Waals surface area contributed by atoms with Crippen LogP contribution in [0.1, 0.15) is 30.6 Å². The van der Waals surface area contributed by atoms with Gasteiger partial charge in [-0.3, -0.25) is 4.68 Å². The third-order valence-electron chi connectivity index (χ3n) is 3.27. The van der Waals surface area contributed by atoms with Crippen LogP contribution in [-0.2, 0) is 13.5 Å². The predicted octanol–water partition coefficient (Wildman–Crippen LogP) is 2.76. The van der Waals surface area contributed by atoms with Gasteiger partial charge in [-0.15, -0.1) is 5.10 Å². The summed E-state index contributed by atoms with van der Waals surface area (Å²) in [5.41, 5.74) is 1.98. The molecule has 1 atom stereocenters. The molecule has 0 bridgehead atoms. The molecule has 0 aliphatic heterocycles. The van der Waals surface area contributed by atoms with Crippen molar-refractivity contribution in [2.24, 2.45) is 7.05 Å². The van der Waals surface area contributed by atoms with Crippen molar-refractivity contribution in [1.29, 1.82) is 0 Å². The molecule has 6 heteroatoms. The van der Waals surface area contributed by atoms with Crippen LogP contribution in [0.5, 0.6) is 5.75 Å². The molecule has 114 valence electrons. The second-order valence-corrected chi connectivity index (χ2v) is 5.42. The van der Waals surface area contributed by atoms with Gasteiger partial charge >= 0.3 is 0 Å². The van der Waals surface area contributed by atoms with Crippen LogP contribution in [0, 0.1) is 0 Å². The summed E-state index contributed by atoms with van der Waals surface area (Å²) >= 11 is 6.14. The van der Waals surface area contributed by atoms with Crippen LogP contribution in [-0.4, -0.2) is 28.6 Å². The van der Waals surface area contributed by atoms with Gasteiger partial charge < -0.3 is 10.1 Å². The number of hydrogen-bond acceptors (Lipinski definition) is 4. The molecule has 0 fully saturated rings. The van der Waals surface area contributed by atoms with Crippen LogP contribution in [0.15, 0.2) is 24.4 Å². The van der Waals surface area contributed by atoms with Crippen LogP contribution in [0.3, 0.4) is 0 Å². The fraction of sp³-hybridized carbons (Fsp3) is 0.467. The molecular weight excluding hydrogens is 288 g/mol. The first kappa shape index (κ1) is 15.8. The summed E-state index contributed by atoms with van der Waals surface area (Å²) in [5, 5.41) is 12.4. The number of halogens is 1. The van der Waals surface area contributed by atoms with Crippen LogP contribution in [0.25, 0.3) is 0 Å². The van der Waals surface area contributed by atoms with Gasteiger partial charge in [-0.05, 0) is 31.2 Å². The fourth-order valence-electron chi connectivity index (χ4n) is 2.29. The lowest BCUT2D eigenvalue weighted by Gasteiger charge is -2.20. The van der Waals surface area contributed by atoms with Gasteiger partial charge in [0.15, 0.2) is 0 Å². The maximum atomic E-state index is 6.14. The van der Waals surface area contributed by atoms with E-state index in [-0.39, 0.29) is 6.04 Å². The normalized spacial score (nSPS) is 12.4. The third kappa shape index (κ3) is 4.19. The van der Waals surface area contributed by atoms with E-state index < -0.39 is 0 Å². The lowest BCUT2D eigenvalue weighted by molar-refractivity contribution is 0.397. The van der Waals surface area contributed by atoms with Gasteiger partial charge in [-0.2, -0.15) is 0 Å². The lowest BCUT2D eigenvalue weighted by Crippen LogP contribution is -2.24. The van der Waals surface area contributed by atoms with Crippen molar-refractivity contribution < 1.29 is 4.74 Å². The number of methoxy groups -OCH3 is 1. The Kier molecular flexibility index (Phi) is 5.59. The van der Waals surface area contributed by atoms with E-state index >= 15 is 0 Å². The summed E-state index contributed by atoms with van der Waals surface area (Å²) < 4.78 is 7.17. The molecule has 0 saturated carbocycles. The summed E-state index contributed by atoms with van der Waals surface area (Å²) in [6.07, 6.45) is 3.72. The minimum Gasteiger partial charge on any atom is -0.496 e. The molecule has 1 N–H and O–H groups in total. The molecule has 1 aromatic heterocycles. The Morgan fingerprint density at radius 2 is 2.24 bits per heavy atom. The van der Waals surface area contributed by atoms with Gasteiger partial charge in [0, 0.05) is 36.3 Å². The fourth-order valence-corrected chi connectivity index (χ4v) is 2.47. The smallest absolute Gasteiger partial charge is 0.123 e. The molecule has 1 aromatic carbocycles. The molecule has 2 rings (SSSR count). The quantitative estimate of drug-likeness (QED) is 0.854. The van der Waals surface area contributed by atoms with Gasteiger partial charge in [-0.25, -0.2) is 0 Å². The number of nitrogens with one attached hydrogen (secondary N) is 1. The van der Waals surface area contributed by atoms with Gasteiger partial charge in [0.25, 0.3) is 0 Å². The van der Waals surface area contributed by atoms with Gasteiger partial charge in [0.05, 0.1) is 12.8 Å². The Morgan fingerprint density at radius 1 is 1.43 bits per heavy atom. The van der Waals surface area contributed by atoms with Crippen molar-refractivity contribution in [3.8, 4) is 5.75 Å². The Bertz CT molecular complexity index is 585. The number of aryl methyl sites for hydroxylation is 1. The number of benzene rings is 1. The highest BCUT2D eigenvalue weighted by molar-refractivity contribution is 6.30. The average Bonchev–Trinajstić information content (AvgIpc) is 2.88. The maximum Gasteiger partial charge on any atom is 0.123 e. The Balaban J connectivity index is 2.28. The summed E-state index contributed by atoms with van der Waals surface area (Å²) in [6.45, 7) is 3.06. The molecule has 0 radical (unpaired) electrons. The van der Waals surface area contributed by atoms with E-state index in [0.29, 0.717) is 5.02 Å². The first-order valence-electron chi connectivity index (χ1n) is 7.06. The molecule has 21 heavy (non-hydrogen) atoms. The minimum absolute atomic E-state index is 0.0929. The van der Waals surface area contributed by atoms with E-state index in [1.165, 1.54) is 0 Å².